The number of amides is 1. The topological polar surface area (TPSA) is 52.6 Å². The van der Waals surface area contributed by atoms with Gasteiger partial charge >= 0.3 is 0 Å². The summed E-state index contributed by atoms with van der Waals surface area (Å²) in [6.45, 7) is 0.782. The van der Waals surface area contributed by atoms with Crippen LogP contribution in [-0.4, -0.2) is 40.2 Å². The van der Waals surface area contributed by atoms with Gasteiger partial charge in [0.2, 0.25) is 0 Å². The summed E-state index contributed by atoms with van der Waals surface area (Å²) in [6, 6.07) is 5.05. The number of aliphatic hydroxyl groups is 1. The van der Waals surface area contributed by atoms with E-state index in [0.717, 1.165) is 30.3 Å². The quantitative estimate of drug-likeness (QED) is 0.761. The molecular weight excluding hydrogens is 376 g/mol. The maximum Gasteiger partial charge on any atom is 0.258 e. The molecule has 0 radical (unpaired) electrons. The van der Waals surface area contributed by atoms with Crippen molar-refractivity contribution in [2.75, 3.05) is 13.2 Å². The maximum atomic E-state index is 12.3. The molecule has 1 aromatic rings. The molecule has 0 unspecified atom stereocenters. The van der Waals surface area contributed by atoms with Crippen molar-refractivity contribution in [2.24, 2.45) is 0 Å². The van der Waals surface area contributed by atoms with Gasteiger partial charge in [0.25, 0.3) is 5.91 Å². The summed E-state index contributed by atoms with van der Waals surface area (Å²) in [5, 5.41) is 12.8. The molecule has 0 saturated carbocycles. The van der Waals surface area contributed by atoms with Crippen LogP contribution in [0.15, 0.2) is 22.7 Å². The largest absolute Gasteiger partial charge is 0.394 e. The first-order chi connectivity index (χ1) is 10.0. The first-order valence-electron chi connectivity index (χ1n) is 6.71. The Bertz CT molecular complexity index is 556. The lowest BCUT2D eigenvalue weighted by molar-refractivity contribution is 0.0962. The molecule has 1 aliphatic rings. The predicted molar refractivity (Wildman–Crippen MR) is 90.6 cm³/mol. The lowest BCUT2D eigenvalue weighted by Crippen LogP contribution is -2.51. The van der Waals surface area contributed by atoms with Crippen LogP contribution in [0.25, 0.3) is 0 Å². The Kier molecular flexibility index (Phi) is 5.98. The average molecular weight is 392 g/mol. The van der Waals surface area contributed by atoms with Crippen LogP contribution < -0.4 is 5.32 Å². The Morgan fingerprint density at radius 3 is 3.00 bits per heavy atom. The molecule has 1 atom stereocenters. The minimum Gasteiger partial charge on any atom is -0.394 e. The van der Waals surface area contributed by atoms with Crippen molar-refractivity contribution >= 4 is 50.8 Å². The van der Waals surface area contributed by atoms with Gasteiger partial charge in [0.1, 0.15) is 0 Å². The summed E-state index contributed by atoms with van der Waals surface area (Å²) < 4.78 is 0.772. The van der Waals surface area contributed by atoms with Crippen molar-refractivity contribution in [2.45, 2.75) is 25.3 Å². The van der Waals surface area contributed by atoms with E-state index in [1.54, 1.807) is 18.2 Å². The second-order valence-corrected chi connectivity index (χ2v) is 6.62. The first kappa shape index (κ1) is 16.7. The van der Waals surface area contributed by atoms with Crippen LogP contribution in [0.1, 0.15) is 29.6 Å². The van der Waals surface area contributed by atoms with E-state index in [-0.39, 0.29) is 18.6 Å². The highest BCUT2D eigenvalue weighted by Gasteiger charge is 2.25. The van der Waals surface area contributed by atoms with Crippen molar-refractivity contribution < 1.29 is 9.90 Å². The number of nitrogens with one attached hydrogen (secondary N) is 1. The van der Waals surface area contributed by atoms with Gasteiger partial charge in [-0.25, -0.2) is 0 Å². The number of likely N-dealkylation sites (tertiary alicyclic amines) is 1. The van der Waals surface area contributed by atoms with E-state index >= 15 is 0 Å². The number of rotatable bonds is 2. The molecule has 1 saturated heterocycles. The molecule has 1 heterocycles. The second-order valence-electron chi connectivity index (χ2n) is 4.91. The molecule has 1 amide bonds. The first-order valence-corrected chi connectivity index (χ1v) is 8.28. The third-order valence-electron chi connectivity index (χ3n) is 3.49. The number of benzene rings is 1. The minimum absolute atomic E-state index is 0.0236. The molecule has 0 spiro atoms. The maximum absolute atomic E-state index is 12.3. The van der Waals surface area contributed by atoms with Crippen molar-refractivity contribution in [1.29, 1.82) is 0 Å². The summed E-state index contributed by atoms with van der Waals surface area (Å²) in [5.41, 5.74) is 0.367. The molecule has 7 heteroatoms. The highest BCUT2D eigenvalue weighted by atomic mass is 79.9. The molecule has 114 valence electrons. The molecule has 1 aromatic carbocycles. The van der Waals surface area contributed by atoms with Crippen LogP contribution in [-0.2, 0) is 0 Å². The average Bonchev–Trinajstić information content (AvgIpc) is 2.49. The molecule has 1 aliphatic heterocycles. The third kappa shape index (κ3) is 4.16. The van der Waals surface area contributed by atoms with Crippen LogP contribution >= 0.6 is 39.7 Å². The molecule has 2 N–H and O–H groups in total. The second kappa shape index (κ2) is 7.54. The predicted octanol–water partition coefficient (Wildman–Crippen LogP) is 2.96. The van der Waals surface area contributed by atoms with Gasteiger partial charge in [-0.2, -0.15) is 0 Å². The fourth-order valence-corrected chi connectivity index (χ4v) is 3.26. The highest BCUT2D eigenvalue weighted by molar-refractivity contribution is 9.10. The van der Waals surface area contributed by atoms with E-state index in [1.165, 1.54) is 0 Å². The van der Waals surface area contributed by atoms with Gasteiger partial charge in [-0.05, 0) is 49.7 Å². The Hall–Kier alpha value is -0.690. The minimum atomic E-state index is -0.339. The van der Waals surface area contributed by atoms with Gasteiger partial charge in [-0.15, -0.1) is 0 Å². The van der Waals surface area contributed by atoms with Crippen LogP contribution in [0.5, 0.6) is 0 Å². The van der Waals surface area contributed by atoms with Gasteiger partial charge in [0, 0.05) is 11.0 Å². The Morgan fingerprint density at radius 1 is 1.52 bits per heavy atom. The van der Waals surface area contributed by atoms with Gasteiger partial charge in [-0.3, -0.25) is 10.1 Å². The lowest BCUT2D eigenvalue weighted by atomic mass is 10.0. The summed E-state index contributed by atoms with van der Waals surface area (Å²) in [6.07, 6.45) is 2.95. The van der Waals surface area contributed by atoms with E-state index in [9.17, 15) is 9.90 Å². The Labute approximate surface area is 142 Å². The number of carbonyl (C=O) groups is 1. The standard InChI is InChI=1S/C14H16BrClN2O2S/c15-9-4-5-12(16)11(7-9)13(20)17-14(21)18-6-2-1-3-10(18)8-19/h4-5,7,10,19H,1-3,6,8H2,(H,17,20,21)/t10-/m1/s1. The molecule has 2 rings (SSSR count). The van der Waals surface area contributed by atoms with E-state index in [0.29, 0.717) is 15.7 Å². The number of aliphatic hydroxyl groups excluding tert-OH is 1. The van der Waals surface area contributed by atoms with Crippen LogP contribution in [0.2, 0.25) is 5.02 Å². The Balaban J connectivity index is 2.08. The van der Waals surface area contributed by atoms with Crippen molar-refractivity contribution in [3.63, 3.8) is 0 Å². The van der Waals surface area contributed by atoms with E-state index in [1.807, 2.05) is 4.90 Å². The molecule has 1 fully saturated rings. The molecule has 0 aliphatic carbocycles. The van der Waals surface area contributed by atoms with Crippen molar-refractivity contribution in [3.05, 3.63) is 33.3 Å². The number of carbonyl (C=O) groups excluding carboxylic acids is 1. The van der Waals surface area contributed by atoms with Gasteiger partial charge in [0.15, 0.2) is 5.11 Å². The SMILES string of the molecule is O=C(NC(=S)N1CCCC[C@@H]1CO)c1cc(Br)ccc1Cl. The lowest BCUT2D eigenvalue weighted by Gasteiger charge is -2.36. The molecular formula is C14H16BrClN2O2S. The van der Waals surface area contributed by atoms with Gasteiger partial charge < -0.3 is 10.0 Å². The molecule has 21 heavy (non-hydrogen) atoms. The molecule has 4 nitrogen and oxygen atoms in total. The number of nitrogens with zero attached hydrogens (tertiary/aromatic N) is 1. The van der Waals surface area contributed by atoms with Crippen LogP contribution in [0, 0.1) is 0 Å². The van der Waals surface area contributed by atoms with E-state index in [2.05, 4.69) is 21.2 Å². The van der Waals surface area contributed by atoms with Gasteiger partial charge in [0.05, 0.1) is 23.2 Å². The van der Waals surface area contributed by atoms with Crippen LogP contribution in [0.3, 0.4) is 0 Å². The van der Waals surface area contributed by atoms with Crippen LogP contribution in [0.4, 0.5) is 0 Å². The number of piperidine rings is 1. The monoisotopic (exact) mass is 390 g/mol. The normalized spacial score (nSPS) is 18.4. The number of halogens is 2. The number of hydrogen-bond acceptors (Lipinski definition) is 3. The summed E-state index contributed by atoms with van der Waals surface area (Å²) in [7, 11) is 0. The summed E-state index contributed by atoms with van der Waals surface area (Å²) >= 11 is 14.6. The highest BCUT2D eigenvalue weighted by Crippen LogP contribution is 2.21. The third-order valence-corrected chi connectivity index (χ3v) is 4.65. The smallest absolute Gasteiger partial charge is 0.258 e. The van der Waals surface area contributed by atoms with Crippen molar-refractivity contribution in [3.8, 4) is 0 Å². The fraction of sp³-hybridized carbons (Fsp3) is 0.429. The zero-order valence-electron chi connectivity index (χ0n) is 11.3. The zero-order valence-corrected chi connectivity index (χ0v) is 14.5. The van der Waals surface area contributed by atoms with Crippen molar-refractivity contribution in [1.82, 2.24) is 10.2 Å². The number of hydrogen-bond donors (Lipinski definition) is 2. The summed E-state index contributed by atoms with van der Waals surface area (Å²) in [4.78, 5) is 14.2. The zero-order chi connectivity index (χ0) is 15.4. The summed E-state index contributed by atoms with van der Waals surface area (Å²) in [5.74, 6) is -0.339. The number of thiocarbonyl (C=S) groups is 1. The molecule has 0 bridgehead atoms. The Morgan fingerprint density at radius 2 is 2.29 bits per heavy atom. The fourth-order valence-electron chi connectivity index (χ4n) is 2.37. The van der Waals surface area contributed by atoms with E-state index in [4.69, 9.17) is 23.8 Å². The molecule has 0 aromatic heterocycles. The van der Waals surface area contributed by atoms with Gasteiger partial charge in [-0.1, -0.05) is 27.5 Å². The van der Waals surface area contributed by atoms with E-state index < -0.39 is 0 Å².